The van der Waals surface area contributed by atoms with Gasteiger partial charge in [-0.05, 0) is 70.3 Å². The summed E-state index contributed by atoms with van der Waals surface area (Å²) >= 11 is 0. The molecule has 0 unspecified atom stereocenters. The van der Waals surface area contributed by atoms with Crippen LogP contribution in [-0.4, -0.2) is 119 Å². The van der Waals surface area contributed by atoms with Gasteiger partial charge in [0.05, 0.1) is 6.10 Å². The summed E-state index contributed by atoms with van der Waals surface area (Å²) in [5.41, 5.74) is 11.9. The second-order valence-corrected chi connectivity index (χ2v) is 14.8. The summed E-state index contributed by atoms with van der Waals surface area (Å²) in [5.74, 6) is -4.55. The molecular formula is C40H66N10O8. The number of aryl methyl sites for hydroxylation is 1. The minimum atomic E-state index is -1.49. The van der Waals surface area contributed by atoms with E-state index in [2.05, 4.69) is 36.9 Å². The number of hydrogen-bond acceptors (Lipinski definition) is 9. The lowest BCUT2D eigenvalue weighted by molar-refractivity contribution is -0.142. The van der Waals surface area contributed by atoms with Gasteiger partial charge in [-0.15, -0.1) is 0 Å². The van der Waals surface area contributed by atoms with Gasteiger partial charge >= 0.3 is 0 Å². The molecule has 8 atom stereocenters. The molecule has 0 saturated carbocycles. The van der Waals surface area contributed by atoms with E-state index < -0.39 is 83.7 Å². The molecule has 18 nitrogen and oxygen atoms in total. The van der Waals surface area contributed by atoms with Gasteiger partial charge in [0.2, 0.25) is 41.4 Å². The molecule has 1 fully saturated rings. The molecule has 324 valence electrons. The molecule has 11 N–H and O–H groups in total. The number of carbonyl (C=O) groups is 7. The van der Waals surface area contributed by atoms with E-state index in [0.717, 1.165) is 5.56 Å². The Morgan fingerprint density at radius 2 is 1.41 bits per heavy atom. The Morgan fingerprint density at radius 3 is 1.98 bits per heavy atom. The van der Waals surface area contributed by atoms with E-state index in [-0.39, 0.29) is 37.7 Å². The van der Waals surface area contributed by atoms with Crippen molar-refractivity contribution in [3.63, 3.8) is 0 Å². The van der Waals surface area contributed by atoms with Crippen LogP contribution in [0.2, 0.25) is 0 Å². The molecule has 18 heteroatoms. The van der Waals surface area contributed by atoms with Crippen LogP contribution < -0.4 is 43.4 Å². The summed E-state index contributed by atoms with van der Waals surface area (Å²) in [7, 11) is 0. The van der Waals surface area contributed by atoms with Crippen LogP contribution in [0.1, 0.15) is 98.5 Å². The summed E-state index contributed by atoms with van der Waals surface area (Å²) in [6.07, 6.45) is 1.93. The maximum Gasteiger partial charge on any atom is 0.245 e. The first-order chi connectivity index (χ1) is 27.5. The van der Waals surface area contributed by atoms with Crippen molar-refractivity contribution in [2.45, 2.75) is 142 Å². The van der Waals surface area contributed by atoms with Crippen LogP contribution in [0.4, 0.5) is 0 Å². The molecule has 1 aromatic carbocycles. The van der Waals surface area contributed by atoms with Crippen molar-refractivity contribution in [1.82, 2.24) is 36.8 Å². The number of carbonyl (C=O) groups excluding carboxylic acids is 7. The van der Waals surface area contributed by atoms with E-state index >= 15 is 0 Å². The smallest absolute Gasteiger partial charge is 0.245 e. The van der Waals surface area contributed by atoms with Crippen molar-refractivity contribution in [3.05, 3.63) is 35.9 Å². The predicted octanol–water partition coefficient (Wildman–Crippen LogP) is -0.529. The van der Waals surface area contributed by atoms with Crippen LogP contribution >= 0.6 is 0 Å². The van der Waals surface area contributed by atoms with E-state index in [1.165, 1.54) is 18.7 Å². The first-order valence-electron chi connectivity index (χ1n) is 20.4. The van der Waals surface area contributed by atoms with Crippen LogP contribution in [-0.2, 0) is 40.0 Å². The molecule has 58 heavy (non-hydrogen) atoms. The van der Waals surface area contributed by atoms with Crippen LogP contribution in [0.15, 0.2) is 35.3 Å². The van der Waals surface area contributed by atoms with Crippen molar-refractivity contribution in [2.24, 2.45) is 22.4 Å². The summed E-state index contributed by atoms with van der Waals surface area (Å²) in [4.78, 5) is 99.2. The highest BCUT2D eigenvalue weighted by Crippen LogP contribution is 2.20. The number of nitrogens with one attached hydrogen (secondary N) is 6. The Bertz CT molecular complexity index is 1550. The number of aliphatic hydroxyl groups is 1. The van der Waals surface area contributed by atoms with Crippen molar-refractivity contribution in [3.8, 4) is 0 Å². The van der Waals surface area contributed by atoms with Gasteiger partial charge in [0.1, 0.15) is 36.3 Å². The van der Waals surface area contributed by atoms with Crippen LogP contribution in [0.3, 0.4) is 0 Å². The second-order valence-electron chi connectivity index (χ2n) is 14.8. The third-order valence-corrected chi connectivity index (χ3v) is 10.1. The summed E-state index contributed by atoms with van der Waals surface area (Å²) in [6, 6.07) is 2.81. The molecule has 2 rings (SSSR count). The average molecular weight is 815 g/mol. The number of guanidine groups is 1. The average Bonchev–Trinajstić information content (AvgIpc) is 3.68. The Labute approximate surface area is 341 Å². The van der Waals surface area contributed by atoms with Crippen LogP contribution in [0.5, 0.6) is 0 Å². The molecule has 0 aromatic heterocycles. The lowest BCUT2D eigenvalue weighted by Gasteiger charge is -2.31. The van der Waals surface area contributed by atoms with Gasteiger partial charge in [-0.25, -0.2) is 0 Å². The summed E-state index contributed by atoms with van der Waals surface area (Å²) in [5, 5.41) is 26.7. The molecular weight excluding hydrogens is 749 g/mol. The minimum absolute atomic E-state index is 0.119. The number of rotatable bonds is 24. The summed E-state index contributed by atoms with van der Waals surface area (Å²) in [6.45, 7) is 10.7. The lowest BCUT2D eigenvalue weighted by Crippen LogP contribution is -2.62. The number of nitrogens with zero attached hydrogens (tertiary/aromatic N) is 2. The number of aliphatic imine (C=N–C) groups is 1. The second kappa shape index (κ2) is 25.2. The molecule has 0 bridgehead atoms. The third-order valence-electron chi connectivity index (χ3n) is 10.1. The minimum Gasteiger partial charge on any atom is -0.391 e. The first-order valence-corrected chi connectivity index (χ1v) is 20.4. The maximum absolute atomic E-state index is 14.0. The van der Waals surface area contributed by atoms with Crippen LogP contribution in [0, 0.1) is 5.92 Å². The largest absolute Gasteiger partial charge is 0.391 e. The number of nitrogens with two attached hydrogens (primary N) is 2. The monoisotopic (exact) mass is 815 g/mol. The number of likely N-dealkylation sites (N-methyl/N-ethyl adjacent to an activating group) is 1. The molecule has 1 aliphatic heterocycles. The Kier molecular flexibility index (Phi) is 21.2. The number of aliphatic hydroxyl groups excluding tert-OH is 1. The first kappa shape index (κ1) is 48.9. The zero-order chi connectivity index (χ0) is 43.4. The number of amides is 7. The maximum atomic E-state index is 14.0. The zero-order valence-electron chi connectivity index (χ0n) is 34.8. The summed E-state index contributed by atoms with van der Waals surface area (Å²) < 4.78 is 0. The molecule has 1 saturated heterocycles. The van der Waals surface area contributed by atoms with Crippen LogP contribution in [0.25, 0.3) is 0 Å². The van der Waals surface area contributed by atoms with Crippen molar-refractivity contribution in [2.75, 3.05) is 19.6 Å². The molecule has 7 amide bonds. The van der Waals surface area contributed by atoms with Crippen molar-refractivity contribution >= 4 is 47.3 Å². The fraction of sp³-hybridized carbons (Fsp3) is 0.650. The molecule has 1 heterocycles. The van der Waals surface area contributed by atoms with Gasteiger partial charge in [0.25, 0.3) is 0 Å². The molecule has 0 radical (unpaired) electrons. The van der Waals surface area contributed by atoms with Gasteiger partial charge < -0.3 is 53.4 Å². The van der Waals surface area contributed by atoms with Crippen molar-refractivity contribution < 1.29 is 38.7 Å². The quantitative estimate of drug-likeness (QED) is 0.0366. The molecule has 1 aliphatic rings. The third kappa shape index (κ3) is 15.9. The lowest BCUT2D eigenvalue weighted by atomic mass is 9.96. The normalized spacial score (nSPS) is 17.2. The molecule has 1 aromatic rings. The predicted molar refractivity (Wildman–Crippen MR) is 219 cm³/mol. The number of likely N-dealkylation sites (tertiary alicyclic amines) is 1. The standard InChI is InChI=1S/C40H66N10O8/c1-7-15-28(46-38(57)33(25(5)51)49-35(54)29(45-26(6)52)21-20-27-16-11-10-12-17-27)34(53)48-32(24(4)8-2)37(56)47-30(18-13-22-44-40(41)42)39(58)50-23-14-19-31(50)36(55)43-9-3/h10-12,16-17,24-25,28-33,51H,7-9,13-15,18-23H2,1-6H3,(H,43,55)(H,45,52)(H,46,57)(H,47,56)(H,48,53)(H,49,54)(H4,41,42,44)/t24-,25+,28-,29+,30-,31-,32-,33-/m0/s1. The Morgan fingerprint density at radius 1 is 0.810 bits per heavy atom. The molecule has 0 aliphatic carbocycles. The van der Waals surface area contributed by atoms with E-state index in [9.17, 15) is 38.7 Å². The topological polar surface area (TPSA) is 280 Å². The van der Waals surface area contributed by atoms with E-state index in [1.807, 2.05) is 37.3 Å². The number of benzene rings is 1. The highest BCUT2D eigenvalue weighted by atomic mass is 16.3. The highest BCUT2D eigenvalue weighted by molar-refractivity contribution is 5.97. The Balaban J connectivity index is 2.27. The Hall–Kier alpha value is -5.26. The van der Waals surface area contributed by atoms with E-state index in [0.29, 0.717) is 51.6 Å². The number of hydrogen-bond donors (Lipinski definition) is 9. The molecule has 0 spiro atoms. The fourth-order valence-corrected chi connectivity index (χ4v) is 6.72. The van der Waals surface area contributed by atoms with E-state index in [1.54, 1.807) is 20.8 Å². The SMILES string of the molecule is CCC[C@H](NC(=O)[C@@H](NC(=O)[C@@H](CCc1ccccc1)NC(C)=O)[C@@H](C)O)C(=O)N[C@H](C(=O)N[C@@H](CCCN=C(N)N)C(=O)N1CCC[C@H]1C(=O)NCC)[C@@H](C)CC. The van der Waals surface area contributed by atoms with Gasteiger partial charge in [0.15, 0.2) is 5.96 Å². The fourth-order valence-electron chi connectivity index (χ4n) is 6.72. The van der Waals surface area contributed by atoms with Gasteiger partial charge in [0, 0.05) is 26.6 Å². The van der Waals surface area contributed by atoms with Gasteiger partial charge in [-0.3, -0.25) is 38.6 Å². The highest BCUT2D eigenvalue weighted by Gasteiger charge is 2.39. The zero-order valence-corrected chi connectivity index (χ0v) is 34.8. The van der Waals surface area contributed by atoms with Gasteiger partial charge in [-0.1, -0.05) is 63.9 Å². The van der Waals surface area contributed by atoms with E-state index in [4.69, 9.17) is 11.5 Å². The van der Waals surface area contributed by atoms with Gasteiger partial charge in [-0.2, -0.15) is 0 Å². The van der Waals surface area contributed by atoms with Crippen molar-refractivity contribution in [1.29, 1.82) is 0 Å².